The van der Waals surface area contributed by atoms with E-state index in [1.54, 1.807) is 19.2 Å². The normalized spacial score (nSPS) is 14.5. The van der Waals surface area contributed by atoms with E-state index in [0.29, 0.717) is 40.5 Å². The van der Waals surface area contributed by atoms with Crippen LogP contribution in [0.15, 0.2) is 36.7 Å². The molecular weight excluding hydrogens is 511 g/mol. The number of hydrogen-bond acceptors (Lipinski definition) is 7. The number of anilines is 2. The van der Waals surface area contributed by atoms with Gasteiger partial charge in [-0.2, -0.15) is 0 Å². The van der Waals surface area contributed by atoms with Crippen LogP contribution in [0.3, 0.4) is 0 Å². The van der Waals surface area contributed by atoms with E-state index in [1.165, 1.54) is 29.4 Å². The van der Waals surface area contributed by atoms with Crippen LogP contribution in [0.2, 0.25) is 5.02 Å². The van der Waals surface area contributed by atoms with Crippen molar-refractivity contribution in [2.75, 3.05) is 51.5 Å². The maximum atomic E-state index is 14.0. The first-order valence-electron chi connectivity index (χ1n) is 12.7. The van der Waals surface area contributed by atoms with Crippen LogP contribution in [0, 0.1) is 11.2 Å². The number of benzene rings is 2. The van der Waals surface area contributed by atoms with Crippen molar-refractivity contribution in [2.45, 2.75) is 33.6 Å². The van der Waals surface area contributed by atoms with Crippen LogP contribution >= 0.6 is 11.6 Å². The number of nitrogens with zero attached hydrogens (tertiary/aromatic N) is 4. The SMILES string of the molecule is COc1cc2ncnc(N(C(=O)CC(C)(C)C)c3ccc(F)c(Cl)c3)c2cc1OCCCN1CCOCC1. The summed E-state index contributed by atoms with van der Waals surface area (Å²) in [6, 6.07) is 7.74. The Morgan fingerprint density at radius 3 is 2.61 bits per heavy atom. The van der Waals surface area contributed by atoms with Gasteiger partial charge in [-0.1, -0.05) is 32.4 Å². The summed E-state index contributed by atoms with van der Waals surface area (Å²) in [4.78, 5) is 26.3. The summed E-state index contributed by atoms with van der Waals surface area (Å²) in [7, 11) is 1.57. The molecule has 4 rings (SSSR count). The van der Waals surface area contributed by atoms with Crippen molar-refractivity contribution in [3.8, 4) is 11.5 Å². The zero-order valence-electron chi connectivity index (χ0n) is 22.3. The quantitative estimate of drug-likeness (QED) is 0.323. The maximum absolute atomic E-state index is 14.0. The Morgan fingerprint density at radius 1 is 1.16 bits per heavy atom. The van der Waals surface area contributed by atoms with Gasteiger partial charge in [0.25, 0.3) is 0 Å². The van der Waals surface area contributed by atoms with E-state index in [1.807, 2.05) is 20.8 Å². The second-order valence-electron chi connectivity index (χ2n) is 10.4. The highest BCUT2D eigenvalue weighted by atomic mass is 35.5. The molecule has 38 heavy (non-hydrogen) atoms. The van der Waals surface area contributed by atoms with Gasteiger partial charge < -0.3 is 14.2 Å². The molecule has 10 heteroatoms. The predicted molar refractivity (Wildman–Crippen MR) is 146 cm³/mol. The van der Waals surface area contributed by atoms with Gasteiger partial charge >= 0.3 is 0 Å². The molecule has 8 nitrogen and oxygen atoms in total. The van der Waals surface area contributed by atoms with Crippen molar-refractivity contribution in [3.05, 3.63) is 47.5 Å². The summed E-state index contributed by atoms with van der Waals surface area (Å²) >= 11 is 6.10. The van der Waals surface area contributed by atoms with Gasteiger partial charge in [0.05, 0.1) is 43.2 Å². The van der Waals surface area contributed by atoms with Gasteiger partial charge in [-0.15, -0.1) is 0 Å². The van der Waals surface area contributed by atoms with Crippen molar-refractivity contribution in [2.24, 2.45) is 5.41 Å². The fourth-order valence-electron chi connectivity index (χ4n) is 4.34. The third-order valence-electron chi connectivity index (χ3n) is 6.18. The van der Waals surface area contributed by atoms with Crippen molar-refractivity contribution >= 4 is 39.9 Å². The molecule has 1 fully saturated rings. The molecule has 0 N–H and O–H groups in total. The highest BCUT2D eigenvalue weighted by Crippen LogP contribution is 2.38. The second-order valence-corrected chi connectivity index (χ2v) is 10.8. The number of hydrogen-bond donors (Lipinski definition) is 0. The highest BCUT2D eigenvalue weighted by Gasteiger charge is 2.27. The summed E-state index contributed by atoms with van der Waals surface area (Å²) in [5.41, 5.74) is 0.698. The zero-order chi connectivity index (χ0) is 27.3. The molecule has 0 bridgehead atoms. The number of methoxy groups -OCH3 is 1. The van der Waals surface area contributed by atoms with Crippen LogP contribution < -0.4 is 14.4 Å². The Balaban J connectivity index is 1.69. The minimum absolute atomic E-state index is 0.0830. The number of morpholine rings is 1. The Kier molecular flexibility index (Phi) is 9.02. The Bertz CT molecular complexity index is 1280. The average Bonchev–Trinajstić information content (AvgIpc) is 2.88. The molecule has 1 aromatic heterocycles. The molecule has 2 heterocycles. The van der Waals surface area contributed by atoms with E-state index in [2.05, 4.69) is 14.9 Å². The molecule has 0 radical (unpaired) electrons. The molecule has 2 aromatic carbocycles. The van der Waals surface area contributed by atoms with Gasteiger partial charge in [0, 0.05) is 37.5 Å². The molecule has 1 amide bonds. The molecule has 0 aliphatic carbocycles. The molecule has 1 saturated heterocycles. The Morgan fingerprint density at radius 2 is 1.92 bits per heavy atom. The fraction of sp³-hybridized carbons (Fsp3) is 0.464. The Labute approximate surface area is 227 Å². The molecule has 0 saturated carbocycles. The van der Waals surface area contributed by atoms with Gasteiger partial charge in [0.15, 0.2) is 17.3 Å². The number of halogens is 2. The molecule has 0 unspecified atom stereocenters. The summed E-state index contributed by atoms with van der Waals surface area (Å²) < 4.78 is 31.1. The molecule has 204 valence electrons. The molecular formula is C28H34ClFN4O4. The summed E-state index contributed by atoms with van der Waals surface area (Å²) in [5.74, 6) is 0.643. The monoisotopic (exact) mass is 544 g/mol. The lowest BCUT2D eigenvalue weighted by Crippen LogP contribution is -2.37. The zero-order valence-corrected chi connectivity index (χ0v) is 23.1. The van der Waals surface area contributed by atoms with Gasteiger partial charge in [-0.05, 0) is 36.1 Å². The van der Waals surface area contributed by atoms with E-state index >= 15 is 0 Å². The fourth-order valence-corrected chi connectivity index (χ4v) is 4.51. The lowest BCUT2D eigenvalue weighted by Gasteiger charge is -2.27. The summed E-state index contributed by atoms with van der Waals surface area (Å²) in [6.45, 7) is 10.7. The van der Waals surface area contributed by atoms with Crippen LogP contribution in [0.25, 0.3) is 10.9 Å². The van der Waals surface area contributed by atoms with Crippen molar-refractivity contribution in [1.82, 2.24) is 14.9 Å². The van der Waals surface area contributed by atoms with Crippen LogP contribution in [-0.2, 0) is 9.53 Å². The van der Waals surface area contributed by atoms with Gasteiger partial charge in [0.1, 0.15) is 12.1 Å². The lowest BCUT2D eigenvalue weighted by molar-refractivity contribution is -0.119. The summed E-state index contributed by atoms with van der Waals surface area (Å²) in [6.07, 6.45) is 2.46. The Hall–Kier alpha value is -3.01. The van der Waals surface area contributed by atoms with Gasteiger partial charge in [-0.3, -0.25) is 14.6 Å². The van der Waals surface area contributed by atoms with E-state index < -0.39 is 5.82 Å². The van der Waals surface area contributed by atoms with E-state index in [4.69, 9.17) is 25.8 Å². The van der Waals surface area contributed by atoms with Crippen LogP contribution in [0.5, 0.6) is 11.5 Å². The number of carbonyl (C=O) groups excluding carboxylic acids is 1. The minimum Gasteiger partial charge on any atom is -0.493 e. The number of rotatable bonds is 9. The van der Waals surface area contributed by atoms with Gasteiger partial charge in [-0.25, -0.2) is 14.4 Å². The van der Waals surface area contributed by atoms with E-state index in [9.17, 15) is 9.18 Å². The molecule has 3 aromatic rings. The van der Waals surface area contributed by atoms with Crippen LogP contribution in [0.1, 0.15) is 33.6 Å². The molecule has 0 atom stereocenters. The van der Waals surface area contributed by atoms with E-state index in [0.717, 1.165) is 39.3 Å². The topological polar surface area (TPSA) is 77.0 Å². The lowest BCUT2D eigenvalue weighted by atomic mass is 9.91. The number of carbonyl (C=O) groups is 1. The maximum Gasteiger partial charge on any atom is 0.233 e. The second kappa shape index (κ2) is 12.2. The first-order valence-corrected chi connectivity index (χ1v) is 13.1. The van der Waals surface area contributed by atoms with Crippen LogP contribution in [-0.4, -0.2) is 67.3 Å². The predicted octanol–water partition coefficient (Wildman–Crippen LogP) is 5.63. The van der Waals surface area contributed by atoms with Crippen molar-refractivity contribution in [3.63, 3.8) is 0 Å². The smallest absolute Gasteiger partial charge is 0.233 e. The summed E-state index contributed by atoms with van der Waals surface area (Å²) in [5, 5.41) is 0.513. The largest absolute Gasteiger partial charge is 0.493 e. The highest BCUT2D eigenvalue weighted by molar-refractivity contribution is 6.31. The number of aromatic nitrogens is 2. The molecule has 1 aliphatic heterocycles. The third kappa shape index (κ3) is 6.89. The first-order chi connectivity index (χ1) is 18.2. The third-order valence-corrected chi connectivity index (χ3v) is 6.47. The average molecular weight is 545 g/mol. The number of amides is 1. The van der Waals surface area contributed by atoms with Crippen LogP contribution in [0.4, 0.5) is 15.9 Å². The van der Waals surface area contributed by atoms with Crippen molar-refractivity contribution in [1.29, 1.82) is 0 Å². The molecule has 1 aliphatic rings. The minimum atomic E-state index is -0.566. The number of ether oxygens (including phenoxy) is 3. The molecule has 0 spiro atoms. The van der Waals surface area contributed by atoms with Gasteiger partial charge in [0.2, 0.25) is 5.91 Å². The van der Waals surface area contributed by atoms with Crippen molar-refractivity contribution < 1.29 is 23.4 Å². The standard InChI is InChI=1S/C28H34ClFN4O4/c1-28(2,3)17-26(35)34(19-6-7-22(30)21(29)14-19)27-20-15-25(24(36-4)16-23(20)31-18-32-27)38-11-5-8-33-9-12-37-13-10-33/h6-7,14-16,18H,5,8-13,17H2,1-4H3. The van der Waals surface area contributed by atoms with E-state index in [-0.39, 0.29) is 22.8 Å². The number of fused-ring (bicyclic) bond motifs is 1. The first kappa shape index (κ1) is 28.0.